The number of nitro groups is 1. The molecule has 6 heavy (non-hydrogen) atoms. The third-order valence-corrected chi connectivity index (χ3v) is 0.211. The monoisotopic (exact) mass is 177 g/mol. The van der Waals surface area contributed by atoms with Crippen molar-refractivity contribution in [3.63, 3.8) is 0 Å². The van der Waals surface area contributed by atoms with Gasteiger partial charge in [0.2, 0.25) is 0 Å². The Morgan fingerprint density at radius 2 is 2.00 bits per heavy atom. The summed E-state index contributed by atoms with van der Waals surface area (Å²) in [4.78, 5) is 8.62. The van der Waals surface area contributed by atoms with Gasteiger partial charge in [0, 0.05) is 19.5 Å². The third kappa shape index (κ3) is 9.09. The second-order valence-electron chi connectivity index (χ2n) is 0.544. The van der Waals surface area contributed by atoms with Crippen LogP contribution in [0.15, 0.2) is 0 Å². The fourth-order valence-electron chi connectivity index (χ4n) is 0. The molecule has 0 aliphatic heterocycles. The minimum atomic E-state index is -0.500. The van der Waals surface area contributed by atoms with Crippen LogP contribution in [0.25, 0.3) is 0 Å². The number of hydrogen-bond donors (Lipinski definition) is 0. The van der Waals surface area contributed by atoms with Crippen LogP contribution in [0.5, 0.6) is 0 Å². The molecule has 0 aromatic heterocycles. The van der Waals surface area contributed by atoms with E-state index in [1.165, 1.54) is 6.92 Å². The van der Waals surface area contributed by atoms with Gasteiger partial charge in [-0.3, -0.25) is 10.1 Å². The van der Waals surface area contributed by atoms with Crippen molar-refractivity contribution >= 4 is 0 Å². The maximum Gasteiger partial charge on any atom is 0 e. The van der Waals surface area contributed by atoms with E-state index in [0.717, 1.165) is 6.54 Å². The summed E-state index contributed by atoms with van der Waals surface area (Å²) in [6.45, 7) is 2.26. The molecule has 0 bridgehead atoms. The van der Waals surface area contributed by atoms with Crippen LogP contribution in [0, 0.1) is 16.7 Å². The van der Waals surface area contributed by atoms with E-state index in [2.05, 4.69) is 0 Å². The van der Waals surface area contributed by atoms with Crippen molar-refractivity contribution in [2.24, 2.45) is 0 Å². The minimum absolute atomic E-state index is 0. The molecule has 0 fully saturated rings. The Morgan fingerprint density at radius 1 is 1.83 bits per heavy atom. The van der Waals surface area contributed by atoms with Gasteiger partial charge >= 0.3 is 0 Å². The van der Waals surface area contributed by atoms with Gasteiger partial charge in [-0.2, -0.15) is 0 Å². The van der Waals surface area contributed by atoms with E-state index >= 15 is 0 Å². The summed E-state index contributed by atoms with van der Waals surface area (Å²) in [5.74, 6) is 0. The zero-order chi connectivity index (χ0) is 4.28. The molecule has 3 nitrogen and oxygen atoms in total. The molecule has 0 N–H and O–H groups in total. The predicted octanol–water partition coefficient (Wildman–Crippen LogP) is 0.442. The normalized spacial score (nSPS) is 5.50. The van der Waals surface area contributed by atoms with Crippen molar-refractivity contribution in [1.29, 1.82) is 0 Å². The van der Waals surface area contributed by atoms with E-state index in [0.29, 0.717) is 0 Å². The van der Waals surface area contributed by atoms with Gasteiger partial charge in [-0.05, 0) is 0 Å². The van der Waals surface area contributed by atoms with Gasteiger partial charge in [-0.25, -0.2) is 0 Å². The molecule has 0 amide bonds. The van der Waals surface area contributed by atoms with Crippen LogP contribution in [0.2, 0.25) is 0 Å². The van der Waals surface area contributed by atoms with E-state index in [9.17, 15) is 0 Å². The topological polar surface area (TPSA) is 43.1 Å². The second-order valence-corrected chi connectivity index (χ2v) is 0.544. The Bertz CT molecular complexity index is 46.8. The molecule has 0 heterocycles. The molecule has 0 saturated carbocycles. The molecule has 0 unspecified atom stereocenters. The molecule has 39 valence electrons. The van der Waals surface area contributed by atoms with Crippen LogP contribution in [0.1, 0.15) is 6.92 Å². The van der Waals surface area contributed by atoms with Crippen LogP contribution in [-0.4, -0.2) is 4.92 Å². The van der Waals surface area contributed by atoms with Crippen molar-refractivity contribution in [1.82, 2.24) is 0 Å². The zero-order valence-corrected chi connectivity index (χ0v) is 4.81. The Morgan fingerprint density at radius 3 is 2.00 bits per heavy atom. The first-order valence-corrected chi connectivity index (χ1v) is 1.20. The molecule has 0 atom stereocenters. The van der Waals surface area contributed by atoms with E-state index in [4.69, 9.17) is 10.1 Å². The van der Waals surface area contributed by atoms with E-state index in [-0.39, 0.29) is 19.5 Å². The molecule has 0 saturated heterocycles. The summed E-state index contributed by atoms with van der Waals surface area (Å²) in [7, 11) is 0. The molecule has 0 aromatic rings. The Labute approximate surface area is 48.6 Å². The summed E-state index contributed by atoms with van der Waals surface area (Å²) in [6, 6.07) is 0. The van der Waals surface area contributed by atoms with E-state index in [1.807, 2.05) is 0 Å². The zero-order valence-electron chi connectivity index (χ0n) is 3.17. The van der Waals surface area contributed by atoms with E-state index in [1.54, 1.807) is 0 Å². The van der Waals surface area contributed by atoms with Crippen molar-refractivity contribution in [3.05, 3.63) is 16.7 Å². The summed E-state index contributed by atoms with van der Waals surface area (Å²) in [6.07, 6.45) is 0. The van der Waals surface area contributed by atoms with Gasteiger partial charge in [0.25, 0.3) is 0 Å². The largest absolute Gasteiger partial charge is 0.295 e. The summed E-state index contributed by atoms with van der Waals surface area (Å²) < 4.78 is 0. The van der Waals surface area contributed by atoms with Crippen LogP contribution in [-0.2, 0) is 19.5 Å². The quantitative estimate of drug-likeness (QED) is 0.252. The molecule has 1 radical (unpaired) electrons. The van der Waals surface area contributed by atoms with Crippen LogP contribution < -0.4 is 0 Å². The Hall–Kier alpha value is -0.107. The van der Waals surface area contributed by atoms with Gasteiger partial charge < -0.3 is 0 Å². The molecule has 0 spiro atoms. The fraction of sp³-hybridized carbons (Fsp3) is 0.500. The predicted molar refractivity (Wildman–Crippen MR) is 17.0 cm³/mol. The first kappa shape index (κ1) is 9.31. The fourth-order valence-corrected chi connectivity index (χ4v) is 0. The summed E-state index contributed by atoms with van der Waals surface area (Å²) in [5, 5.41) is 9.12. The second kappa shape index (κ2) is 4.89. The third-order valence-electron chi connectivity index (χ3n) is 0.211. The summed E-state index contributed by atoms with van der Waals surface area (Å²) >= 11 is 0. The molecule has 0 aliphatic carbocycles. The molecule has 0 aromatic carbocycles. The molecule has 0 aliphatic rings. The molecular formula is C2H4NO2Rh-. The number of rotatable bonds is 1. The van der Waals surface area contributed by atoms with Crippen LogP contribution >= 0.6 is 0 Å². The molecule has 0 rings (SSSR count). The van der Waals surface area contributed by atoms with Crippen LogP contribution in [0.4, 0.5) is 0 Å². The van der Waals surface area contributed by atoms with E-state index < -0.39 is 4.92 Å². The average Bonchev–Trinajstić information content (AvgIpc) is 1.38. The Kier molecular flexibility index (Phi) is 7.59. The van der Waals surface area contributed by atoms with Gasteiger partial charge in [-0.15, -0.1) is 11.8 Å². The van der Waals surface area contributed by atoms with Crippen molar-refractivity contribution in [2.45, 2.75) is 6.92 Å². The minimum Gasteiger partial charge on any atom is -0.295 e. The number of hydrogen-bond acceptors (Lipinski definition) is 2. The van der Waals surface area contributed by atoms with Gasteiger partial charge in [0.1, 0.15) is 0 Å². The maximum atomic E-state index is 9.12. The van der Waals surface area contributed by atoms with Crippen molar-refractivity contribution < 1.29 is 24.4 Å². The van der Waals surface area contributed by atoms with Gasteiger partial charge in [0.15, 0.2) is 0 Å². The van der Waals surface area contributed by atoms with Gasteiger partial charge in [0.05, 0.1) is 0 Å². The number of nitrogens with zero attached hydrogens (tertiary/aromatic N) is 1. The smallest absolute Gasteiger partial charge is 0 e. The molecule has 4 heteroatoms. The SMILES string of the molecule is C[CH-][N+](=O)[O-].[Rh]. The Balaban J connectivity index is 0. The molecular weight excluding hydrogens is 173 g/mol. The van der Waals surface area contributed by atoms with Crippen LogP contribution in [0.3, 0.4) is 0 Å². The van der Waals surface area contributed by atoms with Crippen molar-refractivity contribution in [3.8, 4) is 0 Å². The average molecular weight is 177 g/mol. The van der Waals surface area contributed by atoms with Gasteiger partial charge in [-0.1, -0.05) is 6.54 Å². The standard InChI is InChI=1S/C2H4NO2.Rh/c1-2-3(4)5;/h2H,1H3;/q-1;. The first-order chi connectivity index (χ1) is 2.27. The van der Waals surface area contributed by atoms with Crippen molar-refractivity contribution in [2.75, 3.05) is 0 Å². The first-order valence-electron chi connectivity index (χ1n) is 1.20. The summed E-state index contributed by atoms with van der Waals surface area (Å²) in [5.41, 5.74) is 0. The maximum absolute atomic E-state index is 9.12.